The van der Waals surface area contributed by atoms with Gasteiger partial charge in [0.1, 0.15) is 0 Å². The number of nitrogens with one attached hydrogen (secondary N) is 1. The minimum atomic E-state index is -0.125. The van der Waals surface area contributed by atoms with Gasteiger partial charge in [-0.25, -0.2) is 4.79 Å². The van der Waals surface area contributed by atoms with E-state index in [2.05, 4.69) is 42.2 Å². The van der Waals surface area contributed by atoms with E-state index in [9.17, 15) is 4.79 Å². The third kappa shape index (κ3) is 3.71. The van der Waals surface area contributed by atoms with Crippen LogP contribution in [0.3, 0.4) is 0 Å². The van der Waals surface area contributed by atoms with Crippen molar-refractivity contribution in [2.45, 2.75) is 26.8 Å². The van der Waals surface area contributed by atoms with Gasteiger partial charge in [-0.05, 0) is 59.9 Å². The number of ether oxygens (including phenoxy) is 2. The molecule has 0 radical (unpaired) electrons. The minimum absolute atomic E-state index is 0.125. The Labute approximate surface area is 175 Å². The first-order valence-electron chi connectivity index (χ1n) is 10.2. The van der Waals surface area contributed by atoms with Gasteiger partial charge in [0, 0.05) is 0 Å². The molecular weight excluding hydrogens is 376 g/mol. The van der Waals surface area contributed by atoms with Gasteiger partial charge in [0.05, 0.1) is 31.3 Å². The average molecular weight is 402 g/mol. The second kappa shape index (κ2) is 8.49. The molecule has 5 nitrogen and oxygen atoms in total. The Kier molecular flexibility index (Phi) is 5.61. The molecule has 1 aromatic heterocycles. The van der Waals surface area contributed by atoms with Crippen LogP contribution in [0.2, 0.25) is 0 Å². The molecule has 0 aliphatic heterocycles. The van der Waals surface area contributed by atoms with Crippen LogP contribution in [0, 0.1) is 0 Å². The van der Waals surface area contributed by atoms with Gasteiger partial charge in [-0.3, -0.25) is 4.57 Å². The average Bonchev–Trinajstić information content (AvgIpc) is 3.08. The van der Waals surface area contributed by atoms with E-state index in [4.69, 9.17) is 9.47 Å². The number of aromatic amines is 1. The van der Waals surface area contributed by atoms with Crippen molar-refractivity contribution < 1.29 is 9.47 Å². The van der Waals surface area contributed by atoms with Crippen LogP contribution < -0.4 is 15.2 Å². The molecule has 0 bridgehead atoms. The lowest BCUT2D eigenvalue weighted by Gasteiger charge is -2.12. The number of methoxy groups -OCH3 is 1. The Morgan fingerprint density at radius 1 is 0.967 bits per heavy atom. The van der Waals surface area contributed by atoms with Crippen LogP contribution in [0.25, 0.3) is 22.2 Å². The summed E-state index contributed by atoms with van der Waals surface area (Å²) in [6.07, 6.45) is 0.964. The topological polar surface area (TPSA) is 56.2 Å². The Morgan fingerprint density at radius 3 is 2.57 bits per heavy atom. The molecule has 4 aromatic rings. The molecule has 30 heavy (non-hydrogen) atoms. The molecule has 154 valence electrons. The molecule has 0 unspecified atom stereocenters. The summed E-state index contributed by atoms with van der Waals surface area (Å²) in [6.45, 7) is 5.09. The maximum atomic E-state index is 12.7. The number of H-pyrrole nitrogens is 1. The first-order valence-corrected chi connectivity index (χ1v) is 10.2. The zero-order valence-corrected chi connectivity index (χ0v) is 17.6. The summed E-state index contributed by atoms with van der Waals surface area (Å²) >= 11 is 0. The van der Waals surface area contributed by atoms with E-state index in [1.165, 1.54) is 11.1 Å². The third-order valence-electron chi connectivity index (χ3n) is 5.35. The highest BCUT2D eigenvalue weighted by atomic mass is 16.5. The smallest absolute Gasteiger partial charge is 0.326 e. The summed E-state index contributed by atoms with van der Waals surface area (Å²) in [4.78, 5) is 15.7. The predicted octanol–water partition coefficient (Wildman–Crippen LogP) is 5.01. The van der Waals surface area contributed by atoms with Gasteiger partial charge in [-0.2, -0.15) is 0 Å². The highest BCUT2D eigenvalue weighted by molar-refractivity contribution is 5.83. The summed E-state index contributed by atoms with van der Waals surface area (Å²) in [6, 6.07) is 20.3. The zero-order valence-electron chi connectivity index (χ0n) is 17.6. The lowest BCUT2D eigenvalue weighted by molar-refractivity contribution is 0.310. The number of aryl methyl sites for hydroxylation is 1. The third-order valence-corrected chi connectivity index (χ3v) is 5.35. The molecule has 3 aromatic carbocycles. The van der Waals surface area contributed by atoms with Crippen molar-refractivity contribution in [1.82, 2.24) is 9.55 Å². The maximum Gasteiger partial charge on any atom is 0.326 e. The maximum absolute atomic E-state index is 12.7. The Balaban J connectivity index is 1.72. The fourth-order valence-corrected chi connectivity index (χ4v) is 3.87. The van der Waals surface area contributed by atoms with E-state index in [-0.39, 0.29) is 5.69 Å². The first-order chi connectivity index (χ1) is 14.6. The monoisotopic (exact) mass is 402 g/mol. The summed E-state index contributed by atoms with van der Waals surface area (Å²) in [5, 5.41) is 0. The van der Waals surface area contributed by atoms with Crippen molar-refractivity contribution in [1.29, 1.82) is 0 Å². The van der Waals surface area contributed by atoms with Crippen LogP contribution in [-0.4, -0.2) is 23.3 Å². The summed E-state index contributed by atoms with van der Waals surface area (Å²) in [7, 11) is 1.62. The van der Waals surface area contributed by atoms with Gasteiger partial charge in [-0.15, -0.1) is 0 Å². The summed E-state index contributed by atoms with van der Waals surface area (Å²) in [5.74, 6) is 1.37. The van der Waals surface area contributed by atoms with Gasteiger partial charge in [0.2, 0.25) is 0 Å². The number of nitrogens with zero attached hydrogens (tertiary/aromatic N) is 1. The van der Waals surface area contributed by atoms with Gasteiger partial charge in [0.15, 0.2) is 11.5 Å². The number of imidazole rings is 1. The number of fused-ring (bicyclic) bond motifs is 1. The Hall–Kier alpha value is -3.47. The molecule has 1 heterocycles. The number of rotatable bonds is 7. The van der Waals surface area contributed by atoms with Crippen molar-refractivity contribution in [2.75, 3.05) is 13.7 Å². The largest absolute Gasteiger partial charge is 0.493 e. The van der Waals surface area contributed by atoms with E-state index in [0.717, 1.165) is 28.6 Å². The molecule has 0 aliphatic carbocycles. The molecule has 0 amide bonds. The number of aromatic nitrogens is 2. The summed E-state index contributed by atoms with van der Waals surface area (Å²) in [5.41, 5.74) is 6.17. The molecule has 0 aliphatic rings. The fraction of sp³-hybridized carbons (Fsp3) is 0.240. The molecule has 0 saturated heterocycles. The lowest BCUT2D eigenvalue weighted by Crippen LogP contribution is -2.17. The number of hydrogen-bond acceptors (Lipinski definition) is 3. The van der Waals surface area contributed by atoms with Crippen LogP contribution >= 0.6 is 0 Å². The van der Waals surface area contributed by atoms with Crippen molar-refractivity contribution in [3.8, 4) is 22.6 Å². The molecule has 4 rings (SSSR count). The van der Waals surface area contributed by atoms with Crippen LogP contribution in [0.4, 0.5) is 0 Å². The van der Waals surface area contributed by atoms with Crippen LogP contribution in [0.1, 0.15) is 25.0 Å². The molecule has 0 saturated carbocycles. The SMILES string of the molecule is CCOc1cc(Cn2c(=O)[nH]c3cc(-c4ccccc4CC)ccc32)ccc1OC. The van der Waals surface area contributed by atoms with E-state index < -0.39 is 0 Å². The van der Waals surface area contributed by atoms with E-state index in [1.54, 1.807) is 11.7 Å². The molecular formula is C25H26N2O3. The normalized spacial score (nSPS) is 11.0. The van der Waals surface area contributed by atoms with Gasteiger partial charge in [0.25, 0.3) is 0 Å². The lowest BCUT2D eigenvalue weighted by atomic mass is 9.98. The highest BCUT2D eigenvalue weighted by Gasteiger charge is 2.12. The molecule has 5 heteroatoms. The number of hydrogen-bond donors (Lipinski definition) is 1. The first kappa shape index (κ1) is 19.8. The van der Waals surface area contributed by atoms with E-state index in [0.29, 0.717) is 24.7 Å². The fourth-order valence-electron chi connectivity index (χ4n) is 3.87. The Bertz CT molecular complexity index is 1240. The quantitative estimate of drug-likeness (QED) is 0.472. The Morgan fingerprint density at radius 2 is 1.80 bits per heavy atom. The van der Waals surface area contributed by atoms with Gasteiger partial charge >= 0.3 is 5.69 Å². The van der Waals surface area contributed by atoms with Crippen molar-refractivity contribution in [3.05, 3.63) is 82.3 Å². The zero-order chi connectivity index (χ0) is 21.1. The molecule has 0 atom stereocenters. The van der Waals surface area contributed by atoms with Gasteiger partial charge < -0.3 is 14.5 Å². The van der Waals surface area contributed by atoms with Crippen LogP contribution in [-0.2, 0) is 13.0 Å². The van der Waals surface area contributed by atoms with Crippen molar-refractivity contribution in [3.63, 3.8) is 0 Å². The predicted molar refractivity (Wildman–Crippen MR) is 121 cm³/mol. The summed E-state index contributed by atoms with van der Waals surface area (Å²) < 4.78 is 12.8. The number of benzene rings is 3. The molecule has 1 N–H and O–H groups in total. The van der Waals surface area contributed by atoms with Crippen LogP contribution in [0.5, 0.6) is 11.5 Å². The van der Waals surface area contributed by atoms with E-state index in [1.807, 2.05) is 37.3 Å². The highest BCUT2D eigenvalue weighted by Crippen LogP contribution is 2.29. The van der Waals surface area contributed by atoms with Crippen LogP contribution in [0.15, 0.2) is 65.5 Å². The molecule has 0 fully saturated rings. The van der Waals surface area contributed by atoms with E-state index >= 15 is 0 Å². The second-order valence-corrected chi connectivity index (χ2v) is 7.18. The molecule has 0 spiro atoms. The second-order valence-electron chi connectivity index (χ2n) is 7.18. The van der Waals surface area contributed by atoms with Crippen molar-refractivity contribution >= 4 is 11.0 Å². The minimum Gasteiger partial charge on any atom is -0.493 e. The van der Waals surface area contributed by atoms with Gasteiger partial charge in [-0.1, -0.05) is 43.3 Å². The van der Waals surface area contributed by atoms with Crippen molar-refractivity contribution in [2.24, 2.45) is 0 Å². The standard InChI is InChI=1S/C25H26N2O3/c1-4-18-8-6-7-9-20(18)19-11-12-22-21(15-19)26-25(28)27(22)16-17-10-13-23(29-3)24(14-17)30-5-2/h6-15H,4-5,16H2,1-3H3,(H,26,28).